The molecule has 2 aromatic rings. The summed E-state index contributed by atoms with van der Waals surface area (Å²) in [5, 5.41) is 3.32. The van der Waals surface area contributed by atoms with E-state index >= 15 is 0 Å². The van der Waals surface area contributed by atoms with Crippen LogP contribution in [-0.4, -0.2) is 29.9 Å². The summed E-state index contributed by atoms with van der Waals surface area (Å²) in [6, 6.07) is 6.29. The zero-order valence-electron chi connectivity index (χ0n) is 11.1. The van der Waals surface area contributed by atoms with Crippen molar-refractivity contribution >= 4 is 49.9 Å². The second kappa shape index (κ2) is 5.97. The highest BCUT2D eigenvalue weighted by atomic mass is 35.5. The van der Waals surface area contributed by atoms with Gasteiger partial charge in [0.05, 0.1) is 10.2 Å². The summed E-state index contributed by atoms with van der Waals surface area (Å²) >= 11 is 6.98. The van der Waals surface area contributed by atoms with Crippen molar-refractivity contribution in [1.82, 2.24) is 4.98 Å². The van der Waals surface area contributed by atoms with Crippen LogP contribution >= 0.6 is 22.9 Å². The number of aromatic nitrogens is 1. The van der Waals surface area contributed by atoms with Crippen molar-refractivity contribution in [2.75, 3.05) is 29.2 Å². The lowest BCUT2D eigenvalue weighted by molar-refractivity contribution is -0.113. The fourth-order valence-electron chi connectivity index (χ4n) is 2.47. The molecule has 3 rings (SSSR count). The van der Waals surface area contributed by atoms with Crippen LogP contribution in [0.3, 0.4) is 0 Å². The van der Waals surface area contributed by atoms with Gasteiger partial charge < -0.3 is 10.2 Å². The zero-order chi connectivity index (χ0) is 13.9. The molecule has 0 bridgehead atoms. The maximum absolute atomic E-state index is 11.3. The van der Waals surface area contributed by atoms with Crippen LogP contribution in [0, 0.1) is 0 Å². The summed E-state index contributed by atoms with van der Waals surface area (Å²) in [6.07, 6.45) is 3.85. The Hall–Kier alpha value is -1.33. The quantitative estimate of drug-likeness (QED) is 0.883. The molecule has 1 amide bonds. The summed E-state index contributed by atoms with van der Waals surface area (Å²) in [7, 11) is 0. The molecule has 0 spiro atoms. The molecule has 2 heterocycles. The number of anilines is 2. The SMILES string of the molecule is O=C(CCl)Nc1nc2ccc(N3CCCCC3)cc2s1. The third-order valence-corrected chi connectivity index (χ3v) is 4.64. The molecular weight excluding hydrogens is 294 g/mol. The second-order valence-electron chi connectivity index (χ2n) is 4.90. The lowest BCUT2D eigenvalue weighted by atomic mass is 10.1. The molecule has 1 aliphatic heterocycles. The van der Waals surface area contributed by atoms with E-state index in [0.717, 1.165) is 23.3 Å². The van der Waals surface area contributed by atoms with E-state index in [9.17, 15) is 4.79 Å². The lowest BCUT2D eigenvalue weighted by Gasteiger charge is -2.28. The Morgan fingerprint density at radius 1 is 1.35 bits per heavy atom. The van der Waals surface area contributed by atoms with Gasteiger partial charge in [0.25, 0.3) is 0 Å². The molecule has 20 heavy (non-hydrogen) atoms. The fourth-order valence-corrected chi connectivity index (χ4v) is 3.45. The standard InChI is InChI=1S/C14H16ClN3OS/c15-9-13(19)17-14-16-11-5-4-10(8-12(11)20-14)18-6-2-1-3-7-18/h4-5,8H,1-3,6-7,9H2,(H,16,17,19). The van der Waals surface area contributed by atoms with Crippen molar-refractivity contribution in [2.24, 2.45) is 0 Å². The molecule has 0 aliphatic carbocycles. The Bertz CT molecular complexity index is 622. The van der Waals surface area contributed by atoms with Gasteiger partial charge in [-0.05, 0) is 37.5 Å². The monoisotopic (exact) mass is 309 g/mol. The van der Waals surface area contributed by atoms with Crippen LogP contribution in [0.15, 0.2) is 18.2 Å². The van der Waals surface area contributed by atoms with Crippen LogP contribution < -0.4 is 10.2 Å². The van der Waals surface area contributed by atoms with Gasteiger partial charge in [-0.3, -0.25) is 4.79 Å². The molecule has 106 valence electrons. The number of nitrogens with zero attached hydrogens (tertiary/aromatic N) is 2. The third kappa shape index (κ3) is 2.88. The fraction of sp³-hybridized carbons (Fsp3) is 0.429. The largest absolute Gasteiger partial charge is 0.371 e. The summed E-state index contributed by atoms with van der Waals surface area (Å²) in [5.74, 6) is -0.267. The molecule has 1 aliphatic rings. The maximum atomic E-state index is 11.3. The summed E-state index contributed by atoms with van der Waals surface area (Å²) in [4.78, 5) is 18.1. The third-order valence-electron chi connectivity index (χ3n) is 3.46. The molecule has 0 radical (unpaired) electrons. The number of amides is 1. The molecule has 1 saturated heterocycles. The number of carbonyl (C=O) groups is 1. The maximum Gasteiger partial charge on any atom is 0.241 e. The Morgan fingerprint density at radius 2 is 2.15 bits per heavy atom. The van der Waals surface area contributed by atoms with Gasteiger partial charge in [0.15, 0.2) is 5.13 Å². The Kier molecular flexibility index (Phi) is 4.08. The van der Waals surface area contributed by atoms with Crippen molar-refractivity contribution in [3.8, 4) is 0 Å². The Morgan fingerprint density at radius 3 is 2.90 bits per heavy atom. The van der Waals surface area contributed by atoms with Gasteiger partial charge in [-0.1, -0.05) is 11.3 Å². The van der Waals surface area contributed by atoms with Crippen LogP contribution in [0.1, 0.15) is 19.3 Å². The topological polar surface area (TPSA) is 45.2 Å². The minimum Gasteiger partial charge on any atom is -0.371 e. The van der Waals surface area contributed by atoms with Crippen molar-refractivity contribution in [1.29, 1.82) is 0 Å². The van der Waals surface area contributed by atoms with E-state index in [1.54, 1.807) is 0 Å². The number of halogens is 1. The van der Waals surface area contributed by atoms with Crippen LogP contribution in [0.2, 0.25) is 0 Å². The normalized spacial score (nSPS) is 15.6. The number of carbonyl (C=O) groups excluding carboxylic acids is 1. The summed E-state index contributed by atoms with van der Waals surface area (Å²) in [5.41, 5.74) is 2.16. The Balaban J connectivity index is 1.84. The molecule has 1 aromatic heterocycles. The van der Waals surface area contributed by atoms with Crippen molar-refractivity contribution in [3.63, 3.8) is 0 Å². The van der Waals surface area contributed by atoms with Gasteiger partial charge in [0, 0.05) is 18.8 Å². The van der Waals surface area contributed by atoms with Crippen LogP contribution in [0.5, 0.6) is 0 Å². The van der Waals surface area contributed by atoms with Gasteiger partial charge in [-0.15, -0.1) is 11.6 Å². The van der Waals surface area contributed by atoms with E-state index in [0.29, 0.717) is 5.13 Å². The van der Waals surface area contributed by atoms with Gasteiger partial charge in [-0.25, -0.2) is 4.98 Å². The van der Waals surface area contributed by atoms with Gasteiger partial charge in [0.2, 0.25) is 5.91 Å². The highest BCUT2D eigenvalue weighted by Gasteiger charge is 2.13. The van der Waals surface area contributed by atoms with E-state index < -0.39 is 0 Å². The molecule has 1 fully saturated rings. The first-order valence-electron chi connectivity index (χ1n) is 6.77. The van der Waals surface area contributed by atoms with Gasteiger partial charge >= 0.3 is 0 Å². The minimum absolute atomic E-state index is 0.0467. The number of hydrogen-bond donors (Lipinski definition) is 1. The van der Waals surface area contributed by atoms with Gasteiger partial charge in [-0.2, -0.15) is 0 Å². The molecular formula is C14H16ClN3OS. The van der Waals surface area contributed by atoms with Crippen molar-refractivity contribution in [3.05, 3.63) is 18.2 Å². The van der Waals surface area contributed by atoms with Crippen LogP contribution in [-0.2, 0) is 4.79 Å². The van der Waals surface area contributed by atoms with E-state index in [4.69, 9.17) is 11.6 Å². The molecule has 0 saturated carbocycles. The minimum atomic E-state index is -0.220. The average molecular weight is 310 g/mol. The first-order valence-corrected chi connectivity index (χ1v) is 8.13. The lowest BCUT2D eigenvalue weighted by Crippen LogP contribution is -2.29. The van der Waals surface area contributed by atoms with E-state index in [-0.39, 0.29) is 11.8 Å². The van der Waals surface area contributed by atoms with E-state index in [1.807, 2.05) is 6.07 Å². The molecule has 1 N–H and O–H groups in total. The number of hydrogen-bond acceptors (Lipinski definition) is 4. The number of alkyl halides is 1. The second-order valence-corrected chi connectivity index (χ2v) is 6.20. The predicted molar refractivity (Wildman–Crippen MR) is 85.0 cm³/mol. The average Bonchev–Trinajstić information content (AvgIpc) is 2.89. The molecule has 1 aromatic carbocycles. The van der Waals surface area contributed by atoms with Gasteiger partial charge in [0.1, 0.15) is 5.88 Å². The smallest absolute Gasteiger partial charge is 0.241 e. The highest BCUT2D eigenvalue weighted by Crippen LogP contribution is 2.30. The van der Waals surface area contributed by atoms with Crippen molar-refractivity contribution in [2.45, 2.75) is 19.3 Å². The molecule has 6 heteroatoms. The van der Waals surface area contributed by atoms with E-state index in [2.05, 4.69) is 27.3 Å². The van der Waals surface area contributed by atoms with Crippen LogP contribution in [0.4, 0.5) is 10.8 Å². The number of rotatable bonds is 3. The Labute approximate surface area is 126 Å². The number of benzene rings is 1. The molecule has 0 unspecified atom stereocenters. The highest BCUT2D eigenvalue weighted by molar-refractivity contribution is 7.22. The van der Waals surface area contributed by atoms with E-state index in [1.165, 1.54) is 36.3 Å². The van der Waals surface area contributed by atoms with Crippen molar-refractivity contribution < 1.29 is 4.79 Å². The van der Waals surface area contributed by atoms with Crippen LogP contribution in [0.25, 0.3) is 10.2 Å². The molecule has 0 atom stereocenters. The summed E-state index contributed by atoms with van der Waals surface area (Å²) < 4.78 is 1.10. The molecule has 4 nitrogen and oxygen atoms in total. The first kappa shape index (κ1) is 13.6. The zero-order valence-corrected chi connectivity index (χ0v) is 12.6. The first-order chi connectivity index (χ1) is 9.76. The number of piperidine rings is 1. The number of thiazole rings is 1. The summed E-state index contributed by atoms with van der Waals surface area (Å²) in [6.45, 7) is 2.25. The number of fused-ring (bicyclic) bond motifs is 1. The predicted octanol–water partition coefficient (Wildman–Crippen LogP) is 3.46. The number of nitrogens with one attached hydrogen (secondary N) is 1.